The van der Waals surface area contributed by atoms with Gasteiger partial charge in [0, 0.05) is 29.0 Å². The van der Waals surface area contributed by atoms with Gasteiger partial charge >= 0.3 is 5.97 Å². The molecule has 8 nitrogen and oxygen atoms in total. The molecule has 0 saturated carbocycles. The van der Waals surface area contributed by atoms with Crippen LogP contribution in [0.15, 0.2) is 79.0 Å². The summed E-state index contributed by atoms with van der Waals surface area (Å²) in [6.45, 7) is 6.01. The smallest absolute Gasteiger partial charge is 0.335 e. The summed E-state index contributed by atoms with van der Waals surface area (Å²) in [7, 11) is 0. The number of rotatable bonds is 7. The summed E-state index contributed by atoms with van der Waals surface area (Å²) in [6.07, 6.45) is 1.74. The Morgan fingerprint density at radius 2 is 1.77 bits per heavy atom. The molecule has 2 atom stereocenters. The van der Waals surface area contributed by atoms with Gasteiger partial charge in [0.05, 0.1) is 23.3 Å². The van der Waals surface area contributed by atoms with E-state index in [1.54, 1.807) is 18.3 Å². The summed E-state index contributed by atoms with van der Waals surface area (Å²) in [5, 5.41) is 16.4. The molecule has 39 heavy (non-hydrogen) atoms. The van der Waals surface area contributed by atoms with Crippen LogP contribution in [0, 0.1) is 20.8 Å². The maximum absolute atomic E-state index is 13.1. The SMILES string of the molecule is Cc1ccc(C(=O)O)cc1-n1c(C)cc([C@@H]2[C@H](c3ccccn3)NC(=S)N2CC(=O)Nc2ccccc2)c1C. The number of nitrogens with zero attached hydrogens (tertiary/aromatic N) is 3. The molecule has 2 aromatic carbocycles. The van der Waals surface area contributed by atoms with Crippen molar-refractivity contribution in [3.63, 3.8) is 0 Å². The number of thiocarbonyl (C=S) groups is 1. The first-order valence-electron chi connectivity index (χ1n) is 12.6. The van der Waals surface area contributed by atoms with Gasteiger partial charge in [0.1, 0.15) is 6.54 Å². The van der Waals surface area contributed by atoms with E-state index in [0.29, 0.717) is 10.8 Å². The average molecular weight is 540 g/mol. The van der Waals surface area contributed by atoms with Crippen molar-refractivity contribution >= 4 is 34.9 Å². The largest absolute Gasteiger partial charge is 0.478 e. The number of pyridine rings is 1. The zero-order valence-corrected chi connectivity index (χ0v) is 22.7. The van der Waals surface area contributed by atoms with Crippen LogP contribution in [-0.4, -0.2) is 43.1 Å². The van der Waals surface area contributed by atoms with E-state index in [9.17, 15) is 14.7 Å². The zero-order valence-electron chi connectivity index (χ0n) is 21.9. The summed E-state index contributed by atoms with van der Waals surface area (Å²) < 4.78 is 2.07. The second kappa shape index (κ2) is 10.7. The number of aryl methyl sites for hydroxylation is 2. The summed E-state index contributed by atoms with van der Waals surface area (Å²) >= 11 is 5.76. The molecule has 9 heteroatoms. The first-order chi connectivity index (χ1) is 18.7. The Labute approximate surface area is 232 Å². The van der Waals surface area contributed by atoms with Gasteiger partial charge in [0.2, 0.25) is 5.91 Å². The number of nitrogens with one attached hydrogen (secondary N) is 2. The number of anilines is 1. The van der Waals surface area contributed by atoms with Gasteiger partial charge < -0.3 is 25.2 Å². The van der Waals surface area contributed by atoms with Gasteiger partial charge in [-0.1, -0.05) is 30.3 Å². The van der Waals surface area contributed by atoms with Crippen LogP contribution in [0.4, 0.5) is 5.69 Å². The Hall–Kier alpha value is -4.50. The second-order valence-corrected chi connectivity index (χ2v) is 10.0. The number of amides is 1. The van der Waals surface area contributed by atoms with Crippen LogP contribution in [0.2, 0.25) is 0 Å². The van der Waals surface area contributed by atoms with E-state index in [4.69, 9.17) is 12.2 Å². The number of carbonyl (C=O) groups is 2. The van der Waals surface area contributed by atoms with E-state index in [0.717, 1.165) is 33.9 Å². The maximum atomic E-state index is 13.1. The highest BCUT2D eigenvalue weighted by Crippen LogP contribution is 2.41. The number of aromatic nitrogens is 2. The number of benzene rings is 2. The fraction of sp³-hybridized carbons (Fsp3) is 0.200. The number of carboxylic acids is 1. The summed E-state index contributed by atoms with van der Waals surface area (Å²) in [5.41, 5.74) is 6.35. The molecule has 0 spiro atoms. The van der Waals surface area contributed by atoms with Gasteiger partial charge in [0.25, 0.3) is 0 Å². The molecule has 0 unspecified atom stereocenters. The highest BCUT2D eigenvalue weighted by Gasteiger charge is 2.42. The molecule has 0 radical (unpaired) electrons. The third-order valence-electron chi connectivity index (χ3n) is 7.06. The first-order valence-corrected chi connectivity index (χ1v) is 13.0. The number of hydrogen-bond donors (Lipinski definition) is 3. The van der Waals surface area contributed by atoms with Crippen molar-refractivity contribution < 1.29 is 14.7 Å². The Morgan fingerprint density at radius 1 is 1.03 bits per heavy atom. The lowest BCUT2D eigenvalue weighted by atomic mass is 9.96. The number of carbonyl (C=O) groups excluding carboxylic acids is 1. The lowest BCUT2D eigenvalue weighted by Gasteiger charge is -2.27. The third kappa shape index (κ3) is 5.13. The molecule has 3 heterocycles. The minimum Gasteiger partial charge on any atom is -0.478 e. The van der Waals surface area contributed by atoms with Crippen molar-refractivity contribution in [3.05, 3.63) is 113 Å². The van der Waals surface area contributed by atoms with Crippen molar-refractivity contribution in [2.45, 2.75) is 32.9 Å². The van der Waals surface area contributed by atoms with Crippen molar-refractivity contribution in [1.29, 1.82) is 0 Å². The highest BCUT2D eigenvalue weighted by molar-refractivity contribution is 7.80. The van der Waals surface area contributed by atoms with Crippen LogP contribution in [0.1, 0.15) is 50.7 Å². The standard InChI is InChI=1S/C30H29N5O3S/c1-18-12-13-21(29(37)38)16-25(18)35-19(2)15-23(20(35)3)28-27(24-11-7-8-14-31-24)33-30(39)34(28)17-26(36)32-22-9-5-4-6-10-22/h4-16,27-28H,17H2,1-3H3,(H,32,36)(H,33,39)(H,37,38)/t27-,28+/m0/s1. The fourth-order valence-corrected chi connectivity index (χ4v) is 5.54. The van der Waals surface area contributed by atoms with Crippen molar-refractivity contribution in [2.75, 3.05) is 11.9 Å². The van der Waals surface area contributed by atoms with Crippen molar-refractivity contribution in [3.8, 4) is 5.69 Å². The van der Waals surface area contributed by atoms with Crippen LogP contribution >= 0.6 is 12.2 Å². The highest BCUT2D eigenvalue weighted by atomic mass is 32.1. The van der Waals surface area contributed by atoms with Gasteiger partial charge in [0.15, 0.2) is 5.11 Å². The van der Waals surface area contributed by atoms with Crippen LogP contribution in [0.25, 0.3) is 5.69 Å². The molecule has 1 saturated heterocycles. The third-order valence-corrected chi connectivity index (χ3v) is 7.41. The minimum atomic E-state index is -0.977. The predicted molar refractivity (Wildman–Crippen MR) is 154 cm³/mol. The maximum Gasteiger partial charge on any atom is 0.335 e. The number of aromatic carboxylic acids is 1. The first kappa shape index (κ1) is 26.1. The monoisotopic (exact) mass is 539 g/mol. The van der Waals surface area contributed by atoms with Gasteiger partial charge in [-0.2, -0.15) is 0 Å². The molecule has 198 valence electrons. The molecule has 0 bridgehead atoms. The number of hydrogen-bond acceptors (Lipinski definition) is 4. The quantitative estimate of drug-likeness (QED) is 0.281. The Morgan fingerprint density at radius 3 is 2.46 bits per heavy atom. The summed E-state index contributed by atoms with van der Waals surface area (Å²) in [6, 6.07) is 21.7. The molecular formula is C30H29N5O3S. The number of carboxylic acid groups (broad SMARTS) is 1. The van der Waals surface area contributed by atoms with Crippen LogP contribution in [0.5, 0.6) is 0 Å². The van der Waals surface area contributed by atoms with Gasteiger partial charge in [-0.05, 0) is 86.6 Å². The molecule has 1 amide bonds. The van der Waals surface area contributed by atoms with Crippen molar-refractivity contribution in [2.24, 2.45) is 0 Å². The lowest BCUT2D eigenvalue weighted by Crippen LogP contribution is -2.37. The summed E-state index contributed by atoms with van der Waals surface area (Å²) in [5.74, 6) is -1.16. The van der Waals surface area contributed by atoms with E-state index in [1.165, 1.54) is 0 Å². The molecular weight excluding hydrogens is 510 g/mol. The average Bonchev–Trinajstić information content (AvgIpc) is 3.39. The number of para-hydroxylation sites is 1. The predicted octanol–water partition coefficient (Wildman–Crippen LogP) is 5.11. The summed E-state index contributed by atoms with van der Waals surface area (Å²) in [4.78, 5) is 31.3. The Kier molecular flexibility index (Phi) is 7.17. The zero-order chi connectivity index (χ0) is 27.7. The second-order valence-electron chi connectivity index (χ2n) is 9.64. The minimum absolute atomic E-state index is 0.0475. The van der Waals surface area contributed by atoms with Gasteiger partial charge in [-0.15, -0.1) is 0 Å². The van der Waals surface area contributed by atoms with Gasteiger partial charge in [-0.3, -0.25) is 9.78 Å². The molecule has 3 N–H and O–H groups in total. The Bertz CT molecular complexity index is 1550. The van der Waals surface area contributed by atoms with Gasteiger partial charge in [-0.25, -0.2) is 4.79 Å². The van der Waals surface area contributed by atoms with Crippen LogP contribution in [0.3, 0.4) is 0 Å². The normalized spacial score (nSPS) is 16.7. The topological polar surface area (TPSA) is 99.5 Å². The Balaban J connectivity index is 1.57. The molecule has 1 aliphatic heterocycles. The molecule has 0 aliphatic carbocycles. The fourth-order valence-electron chi connectivity index (χ4n) is 5.23. The van der Waals surface area contributed by atoms with E-state index in [2.05, 4.69) is 26.3 Å². The van der Waals surface area contributed by atoms with E-state index < -0.39 is 5.97 Å². The van der Waals surface area contributed by atoms with Crippen molar-refractivity contribution in [1.82, 2.24) is 19.8 Å². The van der Waals surface area contributed by atoms with Crippen LogP contribution in [-0.2, 0) is 4.79 Å². The molecule has 4 aromatic rings. The van der Waals surface area contributed by atoms with E-state index >= 15 is 0 Å². The van der Waals surface area contributed by atoms with Crippen LogP contribution < -0.4 is 10.6 Å². The molecule has 2 aromatic heterocycles. The van der Waals surface area contributed by atoms with E-state index in [1.807, 2.05) is 80.3 Å². The van der Waals surface area contributed by atoms with E-state index in [-0.39, 0.29) is 30.1 Å². The molecule has 1 aliphatic rings. The lowest BCUT2D eigenvalue weighted by molar-refractivity contribution is -0.116. The molecule has 5 rings (SSSR count). The molecule has 1 fully saturated rings.